The molecule has 0 atom stereocenters. The molecular formula is C12H13BrN2O2. The first-order chi connectivity index (χ1) is 8.26. The van der Waals surface area contributed by atoms with E-state index in [1.807, 2.05) is 12.1 Å². The number of methoxy groups -OCH3 is 2. The van der Waals surface area contributed by atoms with Crippen LogP contribution in [0.1, 0.15) is 11.4 Å². The largest absolute Gasteiger partial charge is 0.496 e. The summed E-state index contributed by atoms with van der Waals surface area (Å²) in [7, 11) is 3.29. The molecule has 2 rings (SSSR count). The average molecular weight is 297 g/mol. The second kappa shape index (κ2) is 5.23. The smallest absolute Gasteiger partial charge is 0.133 e. The standard InChI is InChI=1S/C12H13BrN2O2/c1-16-9-3-4-10(17-2)12(13)8(9)7-11-14-5-6-15-11/h3-6H,7H2,1-2H3,(H,14,15). The molecule has 0 aliphatic rings. The van der Waals surface area contributed by atoms with E-state index in [2.05, 4.69) is 25.9 Å². The monoisotopic (exact) mass is 296 g/mol. The third-order valence-corrected chi connectivity index (χ3v) is 3.37. The molecule has 1 heterocycles. The Bertz CT molecular complexity index is 497. The quantitative estimate of drug-likeness (QED) is 0.944. The first-order valence-electron chi connectivity index (χ1n) is 5.14. The molecule has 0 aliphatic heterocycles. The highest BCUT2D eigenvalue weighted by Gasteiger charge is 2.13. The number of ether oxygens (including phenoxy) is 2. The van der Waals surface area contributed by atoms with Crippen molar-refractivity contribution in [2.75, 3.05) is 14.2 Å². The lowest BCUT2D eigenvalue weighted by atomic mass is 10.1. The maximum absolute atomic E-state index is 5.35. The molecule has 2 aromatic rings. The highest BCUT2D eigenvalue weighted by Crippen LogP contribution is 2.35. The number of hydrogen-bond donors (Lipinski definition) is 1. The first kappa shape index (κ1) is 12.0. The van der Waals surface area contributed by atoms with Crippen LogP contribution in [0, 0.1) is 0 Å². The topological polar surface area (TPSA) is 47.1 Å². The number of hydrogen-bond acceptors (Lipinski definition) is 3. The van der Waals surface area contributed by atoms with Gasteiger partial charge in [-0.3, -0.25) is 0 Å². The Morgan fingerprint density at radius 1 is 1.24 bits per heavy atom. The molecule has 1 N–H and O–H groups in total. The lowest BCUT2D eigenvalue weighted by Crippen LogP contribution is -1.98. The highest BCUT2D eigenvalue weighted by molar-refractivity contribution is 9.10. The van der Waals surface area contributed by atoms with Crippen molar-refractivity contribution in [2.45, 2.75) is 6.42 Å². The summed E-state index contributed by atoms with van der Waals surface area (Å²) in [4.78, 5) is 7.28. The Morgan fingerprint density at radius 3 is 2.53 bits per heavy atom. The number of nitrogens with one attached hydrogen (secondary N) is 1. The van der Waals surface area contributed by atoms with Crippen molar-refractivity contribution < 1.29 is 9.47 Å². The fourth-order valence-electron chi connectivity index (χ4n) is 1.66. The molecule has 0 bridgehead atoms. The number of aromatic nitrogens is 2. The van der Waals surface area contributed by atoms with Gasteiger partial charge >= 0.3 is 0 Å². The summed E-state index contributed by atoms with van der Waals surface area (Å²) in [6.45, 7) is 0. The van der Waals surface area contributed by atoms with Gasteiger partial charge in [-0.15, -0.1) is 0 Å². The van der Waals surface area contributed by atoms with Gasteiger partial charge in [0.15, 0.2) is 0 Å². The number of benzene rings is 1. The van der Waals surface area contributed by atoms with E-state index in [9.17, 15) is 0 Å². The van der Waals surface area contributed by atoms with Gasteiger partial charge in [0.2, 0.25) is 0 Å². The average Bonchev–Trinajstić information content (AvgIpc) is 2.84. The molecule has 0 spiro atoms. The normalized spacial score (nSPS) is 10.3. The van der Waals surface area contributed by atoms with Crippen molar-refractivity contribution in [2.24, 2.45) is 0 Å². The predicted octanol–water partition coefficient (Wildman–Crippen LogP) is 2.78. The van der Waals surface area contributed by atoms with E-state index in [1.165, 1.54) is 0 Å². The van der Waals surface area contributed by atoms with Crippen LogP contribution in [0.5, 0.6) is 11.5 Å². The van der Waals surface area contributed by atoms with Gasteiger partial charge in [-0.25, -0.2) is 4.98 Å². The van der Waals surface area contributed by atoms with Gasteiger partial charge < -0.3 is 14.5 Å². The van der Waals surface area contributed by atoms with Gasteiger partial charge in [0.1, 0.15) is 17.3 Å². The lowest BCUT2D eigenvalue weighted by molar-refractivity contribution is 0.397. The molecule has 0 saturated carbocycles. The maximum Gasteiger partial charge on any atom is 0.133 e. The molecule has 0 fully saturated rings. The van der Waals surface area contributed by atoms with Crippen LogP contribution < -0.4 is 9.47 Å². The van der Waals surface area contributed by atoms with E-state index in [-0.39, 0.29) is 0 Å². The Kier molecular flexibility index (Phi) is 3.68. The predicted molar refractivity (Wildman–Crippen MR) is 68.6 cm³/mol. The third kappa shape index (κ3) is 2.44. The van der Waals surface area contributed by atoms with Crippen LogP contribution in [0.15, 0.2) is 29.0 Å². The molecule has 17 heavy (non-hydrogen) atoms. The van der Waals surface area contributed by atoms with E-state index >= 15 is 0 Å². The van der Waals surface area contributed by atoms with Gasteiger partial charge in [0.25, 0.3) is 0 Å². The van der Waals surface area contributed by atoms with Gasteiger partial charge in [0, 0.05) is 24.4 Å². The van der Waals surface area contributed by atoms with Crippen molar-refractivity contribution in [1.82, 2.24) is 9.97 Å². The van der Waals surface area contributed by atoms with Crippen molar-refractivity contribution in [3.05, 3.63) is 40.4 Å². The molecule has 0 saturated heterocycles. The minimum absolute atomic E-state index is 0.661. The fourth-order valence-corrected chi connectivity index (χ4v) is 2.29. The maximum atomic E-state index is 5.35. The van der Waals surface area contributed by atoms with E-state index < -0.39 is 0 Å². The number of nitrogens with zero attached hydrogens (tertiary/aromatic N) is 1. The van der Waals surface area contributed by atoms with Gasteiger partial charge in [0.05, 0.1) is 18.7 Å². The first-order valence-corrected chi connectivity index (χ1v) is 5.93. The van der Waals surface area contributed by atoms with Crippen LogP contribution in [-0.2, 0) is 6.42 Å². The van der Waals surface area contributed by atoms with Crippen molar-refractivity contribution in [3.63, 3.8) is 0 Å². The zero-order valence-electron chi connectivity index (χ0n) is 9.66. The van der Waals surface area contributed by atoms with Crippen molar-refractivity contribution in [1.29, 1.82) is 0 Å². The summed E-state index contributed by atoms with van der Waals surface area (Å²) in [6.07, 6.45) is 4.19. The van der Waals surface area contributed by atoms with E-state index in [0.29, 0.717) is 6.42 Å². The van der Waals surface area contributed by atoms with Crippen molar-refractivity contribution in [3.8, 4) is 11.5 Å². The summed E-state index contributed by atoms with van der Waals surface area (Å²) in [5, 5.41) is 0. The Labute approximate surface area is 108 Å². The van der Waals surface area contributed by atoms with Crippen LogP contribution in [-0.4, -0.2) is 24.2 Å². The van der Waals surface area contributed by atoms with Gasteiger partial charge in [-0.2, -0.15) is 0 Å². The van der Waals surface area contributed by atoms with Crippen LogP contribution in [0.25, 0.3) is 0 Å². The molecule has 1 aromatic carbocycles. The Hall–Kier alpha value is -1.49. The van der Waals surface area contributed by atoms with Crippen molar-refractivity contribution >= 4 is 15.9 Å². The van der Waals surface area contributed by atoms with E-state index in [4.69, 9.17) is 9.47 Å². The SMILES string of the molecule is COc1ccc(OC)c(Cc2ncc[nH]2)c1Br. The molecule has 0 amide bonds. The van der Waals surface area contributed by atoms with Gasteiger partial charge in [-0.1, -0.05) is 0 Å². The Balaban J connectivity index is 2.42. The molecule has 1 aromatic heterocycles. The fraction of sp³-hybridized carbons (Fsp3) is 0.250. The molecule has 0 radical (unpaired) electrons. The van der Waals surface area contributed by atoms with Crippen LogP contribution >= 0.6 is 15.9 Å². The zero-order chi connectivity index (χ0) is 12.3. The van der Waals surface area contributed by atoms with Crippen LogP contribution in [0.4, 0.5) is 0 Å². The zero-order valence-corrected chi connectivity index (χ0v) is 11.2. The molecule has 5 heteroatoms. The number of rotatable bonds is 4. The summed E-state index contributed by atoms with van der Waals surface area (Å²) >= 11 is 3.53. The van der Waals surface area contributed by atoms with E-state index in [1.54, 1.807) is 26.6 Å². The second-order valence-corrected chi connectivity index (χ2v) is 4.27. The molecule has 90 valence electrons. The van der Waals surface area contributed by atoms with Crippen LogP contribution in [0.2, 0.25) is 0 Å². The highest BCUT2D eigenvalue weighted by atomic mass is 79.9. The Morgan fingerprint density at radius 2 is 1.94 bits per heavy atom. The number of halogens is 1. The molecule has 0 unspecified atom stereocenters. The minimum Gasteiger partial charge on any atom is -0.496 e. The number of aromatic amines is 1. The minimum atomic E-state index is 0.661. The molecule has 4 nitrogen and oxygen atoms in total. The van der Waals surface area contributed by atoms with Crippen LogP contribution in [0.3, 0.4) is 0 Å². The van der Waals surface area contributed by atoms with Gasteiger partial charge in [-0.05, 0) is 28.1 Å². The summed E-state index contributed by atoms with van der Waals surface area (Å²) in [6, 6.07) is 3.76. The summed E-state index contributed by atoms with van der Waals surface area (Å²) < 4.78 is 11.5. The summed E-state index contributed by atoms with van der Waals surface area (Å²) in [5.74, 6) is 2.48. The molecular weight excluding hydrogens is 284 g/mol. The van der Waals surface area contributed by atoms with E-state index in [0.717, 1.165) is 27.4 Å². The lowest BCUT2D eigenvalue weighted by Gasteiger charge is -2.12. The summed E-state index contributed by atoms with van der Waals surface area (Å²) in [5.41, 5.74) is 1.02. The molecule has 0 aliphatic carbocycles. The number of H-pyrrole nitrogens is 1. The third-order valence-electron chi connectivity index (χ3n) is 2.50. The number of imidazole rings is 1. The second-order valence-electron chi connectivity index (χ2n) is 3.48.